The third-order valence-electron chi connectivity index (χ3n) is 4.34. The second-order valence-electron chi connectivity index (χ2n) is 6.93. The molecule has 0 bridgehead atoms. The summed E-state index contributed by atoms with van der Waals surface area (Å²) in [6, 6.07) is 0. The molecule has 1 heterocycles. The van der Waals surface area contributed by atoms with Crippen LogP contribution in [0, 0.1) is 5.92 Å². The smallest absolute Gasteiger partial charge is 0.157 e. The Morgan fingerprint density at radius 1 is 1.23 bits per heavy atom. The Kier molecular flexibility index (Phi) is 11.5. The van der Waals surface area contributed by atoms with Crippen molar-refractivity contribution >= 4 is 15.9 Å². The van der Waals surface area contributed by atoms with Crippen LogP contribution in [0.5, 0.6) is 0 Å². The minimum Gasteiger partial charge on any atom is -0.353 e. The molecule has 1 aliphatic heterocycles. The summed E-state index contributed by atoms with van der Waals surface area (Å²) in [6.07, 6.45) is 13.5. The van der Waals surface area contributed by atoms with Crippen LogP contribution in [0.2, 0.25) is 0 Å². The van der Waals surface area contributed by atoms with Crippen molar-refractivity contribution in [1.82, 2.24) is 0 Å². The minimum atomic E-state index is 0.0510. The lowest BCUT2D eigenvalue weighted by atomic mass is 9.96. The average Bonchev–Trinajstić information content (AvgIpc) is 2.50. The fourth-order valence-electron chi connectivity index (χ4n) is 2.89. The van der Waals surface area contributed by atoms with Gasteiger partial charge in [0.15, 0.2) is 6.29 Å². The first-order valence-electron chi connectivity index (χ1n) is 9.08. The summed E-state index contributed by atoms with van der Waals surface area (Å²) in [6.45, 7) is 7.60. The summed E-state index contributed by atoms with van der Waals surface area (Å²) in [5.74, 6) is 0.776. The molecule has 0 aromatic rings. The van der Waals surface area contributed by atoms with E-state index in [4.69, 9.17) is 9.47 Å². The maximum absolute atomic E-state index is 6.23. The molecule has 3 heteroatoms. The van der Waals surface area contributed by atoms with Gasteiger partial charge in [-0.05, 0) is 77.6 Å². The highest BCUT2D eigenvalue weighted by Crippen LogP contribution is 2.23. The number of hydrogen-bond acceptors (Lipinski definition) is 2. The SMILES string of the molecule is CC(C)=CCCC(C)CCC(CCCBr)OC1CCCCO1. The minimum absolute atomic E-state index is 0.0510. The molecule has 0 saturated carbocycles. The zero-order valence-electron chi connectivity index (χ0n) is 14.8. The number of ether oxygens (including phenoxy) is 2. The topological polar surface area (TPSA) is 18.5 Å². The predicted molar refractivity (Wildman–Crippen MR) is 98.6 cm³/mol. The predicted octanol–water partition coefficient (Wildman–Crippen LogP) is 6.24. The second-order valence-corrected chi connectivity index (χ2v) is 7.72. The Morgan fingerprint density at radius 3 is 2.68 bits per heavy atom. The Morgan fingerprint density at radius 2 is 2.05 bits per heavy atom. The van der Waals surface area contributed by atoms with E-state index in [1.54, 1.807) is 0 Å². The van der Waals surface area contributed by atoms with E-state index >= 15 is 0 Å². The van der Waals surface area contributed by atoms with E-state index in [-0.39, 0.29) is 6.29 Å². The van der Waals surface area contributed by atoms with Crippen LogP contribution in [0.3, 0.4) is 0 Å². The van der Waals surface area contributed by atoms with E-state index < -0.39 is 0 Å². The molecule has 22 heavy (non-hydrogen) atoms. The maximum atomic E-state index is 6.23. The van der Waals surface area contributed by atoms with Gasteiger partial charge in [0.05, 0.1) is 6.10 Å². The van der Waals surface area contributed by atoms with E-state index in [0.717, 1.165) is 30.7 Å². The van der Waals surface area contributed by atoms with Crippen molar-refractivity contribution in [2.75, 3.05) is 11.9 Å². The van der Waals surface area contributed by atoms with E-state index in [1.807, 2.05) is 0 Å². The van der Waals surface area contributed by atoms with Gasteiger partial charge in [-0.2, -0.15) is 0 Å². The molecule has 1 saturated heterocycles. The summed E-state index contributed by atoms with van der Waals surface area (Å²) in [7, 11) is 0. The second kappa shape index (κ2) is 12.5. The number of rotatable bonds is 11. The maximum Gasteiger partial charge on any atom is 0.157 e. The average molecular weight is 375 g/mol. The van der Waals surface area contributed by atoms with Crippen LogP contribution in [-0.2, 0) is 9.47 Å². The van der Waals surface area contributed by atoms with Crippen molar-refractivity contribution in [2.24, 2.45) is 5.92 Å². The molecule has 2 nitrogen and oxygen atoms in total. The standard InChI is InChI=1S/C19H35BrO2/c1-16(2)8-6-9-17(3)12-13-18(10-7-14-20)22-19-11-4-5-15-21-19/h8,17-19H,4-7,9-15H2,1-3H3. The molecule has 0 aromatic carbocycles. The van der Waals surface area contributed by atoms with E-state index in [1.165, 1.54) is 50.5 Å². The summed E-state index contributed by atoms with van der Waals surface area (Å²) in [5.41, 5.74) is 1.43. The van der Waals surface area contributed by atoms with Gasteiger partial charge >= 0.3 is 0 Å². The summed E-state index contributed by atoms with van der Waals surface area (Å²) in [5, 5.41) is 1.06. The molecular formula is C19H35BrO2. The molecule has 0 radical (unpaired) electrons. The molecular weight excluding hydrogens is 340 g/mol. The first kappa shape index (κ1) is 20.2. The summed E-state index contributed by atoms with van der Waals surface area (Å²) in [4.78, 5) is 0. The van der Waals surface area contributed by atoms with Crippen LogP contribution in [-0.4, -0.2) is 24.3 Å². The van der Waals surface area contributed by atoms with E-state index in [0.29, 0.717) is 6.10 Å². The van der Waals surface area contributed by atoms with Crippen LogP contribution < -0.4 is 0 Å². The molecule has 0 N–H and O–H groups in total. The van der Waals surface area contributed by atoms with Gasteiger partial charge < -0.3 is 9.47 Å². The number of allylic oxidation sites excluding steroid dienone is 2. The molecule has 1 aliphatic rings. The highest BCUT2D eigenvalue weighted by Gasteiger charge is 2.20. The largest absolute Gasteiger partial charge is 0.353 e. The van der Waals surface area contributed by atoms with Gasteiger partial charge in [-0.3, -0.25) is 0 Å². The number of alkyl halides is 1. The van der Waals surface area contributed by atoms with Crippen molar-refractivity contribution < 1.29 is 9.47 Å². The molecule has 0 aliphatic carbocycles. The Bertz CT molecular complexity index is 294. The van der Waals surface area contributed by atoms with Gasteiger partial charge in [0.1, 0.15) is 0 Å². The lowest BCUT2D eigenvalue weighted by molar-refractivity contribution is -0.191. The van der Waals surface area contributed by atoms with Crippen molar-refractivity contribution in [2.45, 2.75) is 91.0 Å². The first-order chi connectivity index (χ1) is 10.6. The summed E-state index contributed by atoms with van der Waals surface area (Å²) < 4.78 is 12.0. The van der Waals surface area contributed by atoms with Gasteiger partial charge in [-0.25, -0.2) is 0 Å². The molecule has 0 spiro atoms. The van der Waals surface area contributed by atoms with Crippen LogP contribution in [0.1, 0.15) is 78.6 Å². The fraction of sp³-hybridized carbons (Fsp3) is 0.895. The van der Waals surface area contributed by atoms with Crippen molar-refractivity contribution in [1.29, 1.82) is 0 Å². The van der Waals surface area contributed by atoms with Crippen molar-refractivity contribution in [3.05, 3.63) is 11.6 Å². The van der Waals surface area contributed by atoms with Crippen LogP contribution in [0.25, 0.3) is 0 Å². The quantitative estimate of drug-likeness (QED) is 0.314. The molecule has 0 amide bonds. The molecule has 3 atom stereocenters. The van der Waals surface area contributed by atoms with E-state index in [9.17, 15) is 0 Å². The Balaban J connectivity index is 2.28. The van der Waals surface area contributed by atoms with Gasteiger partial charge in [0.2, 0.25) is 0 Å². The zero-order chi connectivity index (χ0) is 16.2. The highest BCUT2D eigenvalue weighted by atomic mass is 79.9. The van der Waals surface area contributed by atoms with Gasteiger partial charge in [-0.15, -0.1) is 0 Å². The van der Waals surface area contributed by atoms with Crippen LogP contribution >= 0.6 is 15.9 Å². The van der Waals surface area contributed by atoms with Gasteiger partial charge in [0, 0.05) is 11.9 Å². The number of halogens is 1. The van der Waals surface area contributed by atoms with Gasteiger partial charge in [-0.1, -0.05) is 34.5 Å². The van der Waals surface area contributed by atoms with Crippen molar-refractivity contribution in [3.8, 4) is 0 Å². The zero-order valence-corrected chi connectivity index (χ0v) is 16.4. The summed E-state index contributed by atoms with van der Waals surface area (Å²) >= 11 is 3.54. The Hall–Kier alpha value is 0.140. The molecule has 0 aromatic heterocycles. The molecule has 1 rings (SSSR count). The van der Waals surface area contributed by atoms with Gasteiger partial charge in [0.25, 0.3) is 0 Å². The molecule has 1 fully saturated rings. The highest BCUT2D eigenvalue weighted by molar-refractivity contribution is 9.09. The van der Waals surface area contributed by atoms with Crippen LogP contribution in [0.15, 0.2) is 11.6 Å². The van der Waals surface area contributed by atoms with Crippen LogP contribution in [0.4, 0.5) is 0 Å². The number of hydrogen-bond donors (Lipinski definition) is 0. The third-order valence-corrected chi connectivity index (χ3v) is 4.90. The Labute approximate surface area is 146 Å². The van der Waals surface area contributed by atoms with Crippen molar-refractivity contribution in [3.63, 3.8) is 0 Å². The lowest BCUT2D eigenvalue weighted by Crippen LogP contribution is -2.28. The molecule has 3 unspecified atom stereocenters. The fourth-order valence-corrected chi connectivity index (χ4v) is 3.21. The molecule has 130 valence electrons. The first-order valence-corrected chi connectivity index (χ1v) is 10.2. The normalized spacial score (nSPS) is 21.4. The lowest BCUT2D eigenvalue weighted by Gasteiger charge is -2.28. The third kappa shape index (κ3) is 10.0. The monoisotopic (exact) mass is 374 g/mol. The van der Waals surface area contributed by atoms with E-state index in [2.05, 4.69) is 42.8 Å².